The molecule has 2 atom stereocenters. The maximum absolute atomic E-state index is 13.1. The fourth-order valence-electron chi connectivity index (χ4n) is 3.13. The van der Waals surface area contributed by atoms with Gasteiger partial charge in [0.05, 0.1) is 7.11 Å². The topological polar surface area (TPSA) is 84.5 Å². The quantitative estimate of drug-likeness (QED) is 0.585. The summed E-state index contributed by atoms with van der Waals surface area (Å²) in [5.74, 6) is -1.80. The van der Waals surface area contributed by atoms with Crippen LogP contribution in [0.4, 0.5) is 4.39 Å². The van der Waals surface area contributed by atoms with E-state index >= 15 is 0 Å². The molecule has 6 nitrogen and oxygen atoms in total. The van der Waals surface area contributed by atoms with Crippen LogP contribution in [-0.4, -0.2) is 37.0 Å². The number of nitrogens with one attached hydrogen (secondary N) is 2. The van der Waals surface area contributed by atoms with Crippen molar-refractivity contribution in [3.8, 4) is 0 Å². The number of amides is 2. The molecule has 2 aromatic carbocycles. The first kappa shape index (κ1) is 23.1. The van der Waals surface area contributed by atoms with Gasteiger partial charge in [0.15, 0.2) is 0 Å². The van der Waals surface area contributed by atoms with Crippen LogP contribution in [0.25, 0.3) is 0 Å². The average molecular weight is 414 g/mol. The van der Waals surface area contributed by atoms with Gasteiger partial charge >= 0.3 is 5.97 Å². The number of rotatable bonds is 10. The Bertz CT molecular complexity index is 840. The maximum Gasteiger partial charge on any atom is 0.328 e. The largest absolute Gasteiger partial charge is 0.467 e. The molecule has 7 heteroatoms. The van der Waals surface area contributed by atoms with E-state index < -0.39 is 24.0 Å². The number of methoxy groups -OCH3 is 1. The number of carbonyl (C=O) groups excluding carboxylic acids is 3. The average Bonchev–Trinajstić information content (AvgIpc) is 2.74. The molecule has 2 aromatic rings. The van der Waals surface area contributed by atoms with E-state index in [1.807, 2.05) is 30.3 Å². The highest BCUT2D eigenvalue weighted by Gasteiger charge is 2.26. The summed E-state index contributed by atoms with van der Waals surface area (Å²) in [7, 11) is 1.27. The summed E-state index contributed by atoms with van der Waals surface area (Å²) in [5.41, 5.74) is 1.82. The van der Waals surface area contributed by atoms with Crippen molar-refractivity contribution in [1.82, 2.24) is 10.6 Å². The van der Waals surface area contributed by atoms with Gasteiger partial charge in [0.1, 0.15) is 17.9 Å². The Balaban J connectivity index is 2.02. The molecular weight excluding hydrogens is 387 g/mol. The first-order chi connectivity index (χ1) is 14.4. The molecule has 0 bridgehead atoms. The van der Waals surface area contributed by atoms with Crippen LogP contribution >= 0.6 is 0 Å². The third-order valence-corrected chi connectivity index (χ3v) is 4.65. The van der Waals surface area contributed by atoms with Gasteiger partial charge in [0, 0.05) is 13.3 Å². The highest BCUT2D eigenvalue weighted by atomic mass is 19.1. The van der Waals surface area contributed by atoms with Crippen LogP contribution in [-0.2, 0) is 32.0 Å². The van der Waals surface area contributed by atoms with Crippen LogP contribution in [0.1, 0.15) is 30.9 Å². The predicted octanol–water partition coefficient (Wildman–Crippen LogP) is 2.55. The number of esters is 1. The number of benzene rings is 2. The summed E-state index contributed by atoms with van der Waals surface area (Å²) in [6.07, 6.45) is 2.00. The van der Waals surface area contributed by atoms with Crippen LogP contribution in [0.2, 0.25) is 0 Å². The number of hydrogen-bond donors (Lipinski definition) is 2. The lowest BCUT2D eigenvalue weighted by molar-refractivity contribution is -0.145. The number of carbonyl (C=O) groups is 3. The Kier molecular flexibility index (Phi) is 9.00. The molecule has 2 amide bonds. The molecule has 0 spiro atoms. The zero-order valence-corrected chi connectivity index (χ0v) is 17.2. The molecule has 30 heavy (non-hydrogen) atoms. The Morgan fingerprint density at radius 1 is 0.933 bits per heavy atom. The van der Waals surface area contributed by atoms with E-state index in [2.05, 4.69) is 10.6 Å². The number of ether oxygens (including phenoxy) is 1. The second kappa shape index (κ2) is 11.7. The molecule has 160 valence electrons. The lowest BCUT2D eigenvalue weighted by atomic mass is 10.0. The van der Waals surface area contributed by atoms with E-state index in [4.69, 9.17) is 4.74 Å². The lowest BCUT2D eigenvalue weighted by Crippen LogP contribution is -2.52. The fraction of sp³-hybridized carbons (Fsp3) is 0.348. The predicted molar refractivity (Wildman–Crippen MR) is 111 cm³/mol. The van der Waals surface area contributed by atoms with Crippen molar-refractivity contribution in [2.75, 3.05) is 7.11 Å². The highest BCUT2D eigenvalue weighted by Crippen LogP contribution is 2.10. The lowest BCUT2D eigenvalue weighted by Gasteiger charge is -2.22. The summed E-state index contributed by atoms with van der Waals surface area (Å²) in [4.78, 5) is 36.5. The standard InChI is InChI=1S/C23H27FN2O4/c1-16(27)25-21(15-18-11-13-19(24)14-12-18)22(28)26-20(23(29)30-2)10-6-9-17-7-4-3-5-8-17/h3-5,7-8,11-14,20-21H,6,9-10,15H2,1-2H3,(H,25,27)(H,26,28)/t20-,21-/m1/s1. The minimum Gasteiger partial charge on any atom is -0.467 e. The minimum absolute atomic E-state index is 0.170. The molecule has 2 N–H and O–H groups in total. The van der Waals surface area contributed by atoms with Crippen LogP contribution in [0.3, 0.4) is 0 Å². The normalized spacial score (nSPS) is 12.5. The van der Waals surface area contributed by atoms with Crippen molar-refractivity contribution in [3.63, 3.8) is 0 Å². The van der Waals surface area contributed by atoms with Gasteiger partial charge < -0.3 is 15.4 Å². The molecule has 2 rings (SSSR count). The summed E-state index contributed by atoms with van der Waals surface area (Å²) in [6.45, 7) is 1.31. The number of hydrogen-bond acceptors (Lipinski definition) is 4. The third-order valence-electron chi connectivity index (χ3n) is 4.65. The molecule has 0 radical (unpaired) electrons. The van der Waals surface area contributed by atoms with Crippen molar-refractivity contribution in [3.05, 3.63) is 71.5 Å². The summed E-state index contributed by atoms with van der Waals surface area (Å²) >= 11 is 0. The molecule has 0 aromatic heterocycles. The van der Waals surface area contributed by atoms with Crippen molar-refractivity contribution < 1.29 is 23.5 Å². The molecule has 0 aliphatic carbocycles. The van der Waals surface area contributed by atoms with Gasteiger partial charge in [-0.05, 0) is 42.5 Å². The Hall–Kier alpha value is -3.22. The Morgan fingerprint density at radius 2 is 1.60 bits per heavy atom. The van der Waals surface area contributed by atoms with Crippen molar-refractivity contribution in [1.29, 1.82) is 0 Å². The van der Waals surface area contributed by atoms with E-state index in [1.165, 1.54) is 26.2 Å². The van der Waals surface area contributed by atoms with Gasteiger partial charge in [0.2, 0.25) is 11.8 Å². The number of aryl methyl sites for hydroxylation is 1. The van der Waals surface area contributed by atoms with Crippen molar-refractivity contribution in [2.24, 2.45) is 0 Å². The Morgan fingerprint density at radius 3 is 2.20 bits per heavy atom. The zero-order chi connectivity index (χ0) is 21.9. The van der Waals surface area contributed by atoms with Gasteiger partial charge in [-0.25, -0.2) is 9.18 Å². The van der Waals surface area contributed by atoms with Crippen molar-refractivity contribution >= 4 is 17.8 Å². The monoisotopic (exact) mass is 414 g/mol. The highest BCUT2D eigenvalue weighted by molar-refractivity contribution is 5.90. The van der Waals surface area contributed by atoms with Crippen LogP contribution in [0, 0.1) is 5.82 Å². The first-order valence-electron chi connectivity index (χ1n) is 9.82. The van der Waals surface area contributed by atoms with Gasteiger partial charge in [-0.2, -0.15) is 0 Å². The van der Waals surface area contributed by atoms with Gasteiger partial charge in [-0.1, -0.05) is 42.5 Å². The Labute approximate surface area is 175 Å². The van der Waals surface area contributed by atoms with Crippen LogP contribution in [0.5, 0.6) is 0 Å². The maximum atomic E-state index is 13.1. The zero-order valence-electron chi connectivity index (χ0n) is 17.2. The molecule has 0 heterocycles. The van der Waals surface area contributed by atoms with Gasteiger partial charge in [0.25, 0.3) is 0 Å². The van der Waals surface area contributed by atoms with Crippen LogP contribution in [0.15, 0.2) is 54.6 Å². The van der Waals surface area contributed by atoms with E-state index in [0.29, 0.717) is 18.4 Å². The van der Waals surface area contributed by atoms with E-state index in [1.54, 1.807) is 12.1 Å². The number of halogens is 1. The SMILES string of the molecule is COC(=O)[C@@H](CCCc1ccccc1)NC(=O)[C@@H](Cc1ccc(F)cc1)NC(C)=O. The van der Waals surface area contributed by atoms with E-state index in [9.17, 15) is 18.8 Å². The van der Waals surface area contributed by atoms with E-state index in [-0.39, 0.29) is 18.1 Å². The van der Waals surface area contributed by atoms with E-state index in [0.717, 1.165) is 12.0 Å². The smallest absolute Gasteiger partial charge is 0.328 e. The molecule has 0 aliphatic rings. The molecule has 0 saturated heterocycles. The van der Waals surface area contributed by atoms with Gasteiger partial charge in [-0.3, -0.25) is 9.59 Å². The molecular formula is C23H27FN2O4. The summed E-state index contributed by atoms with van der Waals surface area (Å²) in [5, 5.41) is 5.28. The molecule has 0 aliphatic heterocycles. The molecule has 0 unspecified atom stereocenters. The minimum atomic E-state index is -0.894. The summed E-state index contributed by atoms with van der Waals surface area (Å²) < 4.78 is 18.0. The molecule has 0 fully saturated rings. The molecule has 0 saturated carbocycles. The second-order valence-electron chi connectivity index (χ2n) is 7.05. The second-order valence-corrected chi connectivity index (χ2v) is 7.05. The fourth-order valence-corrected chi connectivity index (χ4v) is 3.13. The van der Waals surface area contributed by atoms with Gasteiger partial charge in [-0.15, -0.1) is 0 Å². The first-order valence-corrected chi connectivity index (χ1v) is 9.82. The van der Waals surface area contributed by atoms with Crippen LogP contribution < -0.4 is 10.6 Å². The third kappa shape index (κ3) is 7.66. The summed E-state index contributed by atoms with van der Waals surface area (Å²) in [6, 6.07) is 13.8. The van der Waals surface area contributed by atoms with Crippen molar-refractivity contribution in [2.45, 2.75) is 44.7 Å².